The third kappa shape index (κ3) is 3.83. The molecule has 0 aliphatic heterocycles. The quantitative estimate of drug-likeness (QED) is 0.880. The molecule has 0 radical (unpaired) electrons. The first kappa shape index (κ1) is 14.1. The Kier molecular flexibility index (Phi) is 3.69. The lowest BCUT2D eigenvalue weighted by Gasteiger charge is -2.02. The molecular weight excluding hydrogens is 292 g/mol. The first-order chi connectivity index (χ1) is 10.0. The van der Waals surface area contributed by atoms with Crippen molar-refractivity contribution in [1.82, 2.24) is 10.3 Å². The highest BCUT2D eigenvalue weighted by atomic mass is 32.2. The van der Waals surface area contributed by atoms with Gasteiger partial charge in [0.1, 0.15) is 12.0 Å². The summed E-state index contributed by atoms with van der Waals surface area (Å²) in [5, 5.41) is 3.33. The maximum atomic E-state index is 11.4. The van der Waals surface area contributed by atoms with Crippen LogP contribution in [0.15, 0.2) is 39.8 Å². The topological polar surface area (TPSA) is 81.4 Å². The summed E-state index contributed by atoms with van der Waals surface area (Å²) in [6.07, 6.45) is 5.29. The van der Waals surface area contributed by atoms with Gasteiger partial charge in [0.2, 0.25) is 0 Å². The molecular formula is C14H16N2O4S. The van der Waals surface area contributed by atoms with E-state index in [-0.39, 0.29) is 11.0 Å². The highest BCUT2D eigenvalue weighted by molar-refractivity contribution is 7.90. The normalized spacial score (nSPS) is 15.1. The van der Waals surface area contributed by atoms with E-state index in [1.807, 2.05) is 0 Å². The number of hydrogen-bond acceptors (Lipinski definition) is 6. The molecule has 1 aliphatic rings. The van der Waals surface area contributed by atoms with E-state index < -0.39 is 9.84 Å². The molecule has 0 bridgehead atoms. The maximum absolute atomic E-state index is 11.4. The Balaban J connectivity index is 1.63. The molecule has 0 spiro atoms. The lowest BCUT2D eigenvalue weighted by Crippen LogP contribution is -2.15. The number of nitrogens with one attached hydrogen (secondary N) is 1. The molecule has 0 atom stereocenters. The van der Waals surface area contributed by atoms with E-state index in [0.29, 0.717) is 18.3 Å². The number of sulfone groups is 1. The summed E-state index contributed by atoms with van der Waals surface area (Å²) in [5.41, 5.74) is 0.782. The van der Waals surface area contributed by atoms with Crippen molar-refractivity contribution in [3.8, 4) is 11.8 Å². The number of benzene rings is 1. The van der Waals surface area contributed by atoms with Crippen LogP contribution < -0.4 is 10.1 Å². The van der Waals surface area contributed by atoms with Gasteiger partial charge in [-0.1, -0.05) is 0 Å². The Bertz CT molecular complexity index is 718. The van der Waals surface area contributed by atoms with Crippen molar-refractivity contribution in [3.63, 3.8) is 0 Å². The molecule has 7 heteroatoms. The first-order valence-electron chi connectivity index (χ1n) is 6.66. The third-order valence-corrected chi connectivity index (χ3v) is 4.27. The standard InChI is InChI=1S/C14H16N2O4S/c1-21(17,18)13-6-4-12(5-7-13)20-14-16-11(9-19-14)8-15-10-2-3-10/h4-7,9-10,15H,2-3,8H2,1H3. The van der Waals surface area contributed by atoms with Crippen molar-refractivity contribution in [1.29, 1.82) is 0 Å². The van der Waals surface area contributed by atoms with Gasteiger partial charge in [0.25, 0.3) is 0 Å². The first-order valence-corrected chi connectivity index (χ1v) is 8.55. The fraction of sp³-hybridized carbons (Fsp3) is 0.357. The van der Waals surface area contributed by atoms with Gasteiger partial charge in [-0.05, 0) is 37.1 Å². The van der Waals surface area contributed by atoms with Gasteiger partial charge in [0.15, 0.2) is 9.84 Å². The van der Waals surface area contributed by atoms with Gasteiger partial charge in [-0.3, -0.25) is 0 Å². The van der Waals surface area contributed by atoms with Crippen molar-refractivity contribution < 1.29 is 17.6 Å². The molecule has 0 unspecified atom stereocenters. The second kappa shape index (κ2) is 5.50. The van der Waals surface area contributed by atoms with E-state index in [1.54, 1.807) is 18.4 Å². The average Bonchev–Trinajstić information content (AvgIpc) is 3.16. The number of aromatic nitrogens is 1. The van der Waals surface area contributed by atoms with Crippen LogP contribution in [0.1, 0.15) is 18.5 Å². The van der Waals surface area contributed by atoms with E-state index in [1.165, 1.54) is 25.0 Å². The smallest absolute Gasteiger partial charge is 0.399 e. The summed E-state index contributed by atoms with van der Waals surface area (Å²) in [5.74, 6) is 0.478. The monoisotopic (exact) mass is 308 g/mol. The van der Waals surface area contributed by atoms with E-state index in [4.69, 9.17) is 9.15 Å². The highest BCUT2D eigenvalue weighted by Gasteiger charge is 2.20. The minimum absolute atomic E-state index is 0.148. The lowest BCUT2D eigenvalue weighted by atomic mass is 10.3. The summed E-state index contributed by atoms with van der Waals surface area (Å²) in [4.78, 5) is 4.45. The van der Waals surface area contributed by atoms with E-state index in [9.17, 15) is 8.42 Å². The summed E-state index contributed by atoms with van der Waals surface area (Å²) in [6.45, 7) is 0.657. The highest BCUT2D eigenvalue weighted by Crippen LogP contribution is 2.23. The van der Waals surface area contributed by atoms with Gasteiger partial charge in [-0.2, -0.15) is 4.98 Å². The van der Waals surface area contributed by atoms with Gasteiger partial charge >= 0.3 is 6.08 Å². The van der Waals surface area contributed by atoms with Crippen molar-refractivity contribution in [2.75, 3.05) is 6.26 Å². The fourth-order valence-corrected chi connectivity index (χ4v) is 2.44. The van der Waals surface area contributed by atoms with Crippen LogP contribution in [0, 0.1) is 0 Å². The molecule has 1 aromatic carbocycles. The zero-order chi connectivity index (χ0) is 14.9. The van der Waals surface area contributed by atoms with Crippen LogP contribution in [0.2, 0.25) is 0 Å². The molecule has 1 aliphatic carbocycles. The Morgan fingerprint density at radius 1 is 1.33 bits per heavy atom. The van der Waals surface area contributed by atoms with Gasteiger partial charge in [0, 0.05) is 18.8 Å². The fourth-order valence-electron chi connectivity index (χ4n) is 1.81. The van der Waals surface area contributed by atoms with E-state index in [2.05, 4.69) is 10.3 Å². The van der Waals surface area contributed by atoms with E-state index in [0.717, 1.165) is 11.9 Å². The SMILES string of the molecule is CS(=O)(=O)c1ccc(Oc2nc(CNC3CC3)co2)cc1. The van der Waals surface area contributed by atoms with Crippen LogP contribution >= 0.6 is 0 Å². The average molecular weight is 308 g/mol. The van der Waals surface area contributed by atoms with Crippen LogP contribution in [0.25, 0.3) is 0 Å². The zero-order valence-corrected chi connectivity index (χ0v) is 12.4. The summed E-state index contributed by atoms with van der Waals surface area (Å²) >= 11 is 0. The van der Waals surface area contributed by atoms with Gasteiger partial charge in [-0.15, -0.1) is 0 Å². The third-order valence-electron chi connectivity index (χ3n) is 3.14. The number of hydrogen-bond donors (Lipinski definition) is 1. The Labute approximate surface area is 123 Å². The number of rotatable bonds is 6. The lowest BCUT2D eigenvalue weighted by molar-refractivity contribution is 0.330. The summed E-state index contributed by atoms with van der Waals surface area (Å²) < 4.78 is 33.4. The van der Waals surface area contributed by atoms with Crippen LogP contribution in [0.5, 0.6) is 11.8 Å². The predicted octanol–water partition coefficient (Wildman–Crippen LogP) is 2.12. The molecule has 21 heavy (non-hydrogen) atoms. The molecule has 1 N–H and O–H groups in total. The van der Waals surface area contributed by atoms with Gasteiger partial charge in [-0.25, -0.2) is 8.42 Å². The number of nitrogens with zero attached hydrogens (tertiary/aromatic N) is 1. The van der Waals surface area contributed by atoms with Gasteiger partial charge < -0.3 is 14.5 Å². The second-order valence-corrected chi connectivity index (χ2v) is 7.12. The van der Waals surface area contributed by atoms with Crippen LogP contribution in [0.3, 0.4) is 0 Å². The summed E-state index contributed by atoms with van der Waals surface area (Å²) in [6, 6.07) is 6.73. The van der Waals surface area contributed by atoms with Crippen molar-refractivity contribution in [2.24, 2.45) is 0 Å². The van der Waals surface area contributed by atoms with E-state index >= 15 is 0 Å². The maximum Gasteiger partial charge on any atom is 0.399 e. The molecule has 2 aromatic rings. The molecule has 1 heterocycles. The minimum atomic E-state index is -3.20. The van der Waals surface area contributed by atoms with Crippen LogP contribution in [-0.2, 0) is 16.4 Å². The molecule has 1 saturated carbocycles. The minimum Gasteiger partial charge on any atom is -0.417 e. The Morgan fingerprint density at radius 3 is 2.67 bits per heavy atom. The van der Waals surface area contributed by atoms with Gasteiger partial charge in [0.05, 0.1) is 10.6 Å². The molecule has 1 fully saturated rings. The second-order valence-electron chi connectivity index (χ2n) is 5.11. The molecule has 112 valence electrons. The summed E-state index contributed by atoms with van der Waals surface area (Å²) in [7, 11) is -3.20. The Hall–Kier alpha value is -1.86. The molecule has 1 aromatic heterocycles. The Morgan fingerprint density at radius 2 is 2.05 bits per heavy atom. The van der Waals surface area contributed by atoms with Crippen molar-refractivity contribution in [3.05, 3.63) is 36.2 Å². The van der Waals surface area contributed by atoms with Crippen molar-refractivity contribution in [2.45, 2.75) is 30.3 Å². The molecule has 6 nitrogen and oxygen atoms in total. The molecule has 0 amide bonds. The molecule has 3 rings (SSSR count). The zero-order valence-electron chi connectivity index (χ0n) is 11.6. The van der Waals surface area contributed by atoms with Crippen LogP contribution in [0.4, 0.5) is 0 Å². The number of oxazole rings is 1. The van der Waals surface area contributed by atoms with Crippen LogP contribution in [-0.4, -0.2) is 25.7 Å². The van der Waals surface area contributed by atoms with Crippen molar-refractivity contribution >= 4 is 9.84 Å². The predicted molar refractivity (Wildman–Crippen MR) is 76.0 cm³/mol. The largest absolute Gasteiger partial charge is 0.417 e. The number of ether oxygens (including phenoxy) is 1. The molecule has 0 saturated heterocycles.